The van der Waals surface area contributed by atoms with Gasteiger partial charge in [-0.3, -0.25) is 0 Å². The summed E-state index contributed by atoms with van der Waals surface area (Å²) in [4.78, 5) is -0.834. The molecule has 1 aliphatic heterocycles. The van der Waals surface area contributed by atoms with Gasteiger partial charge in [0.25, 0.3) is 0 Å². The number of hydrogen-bond donors (Lipinski definition) is 1. The summed E-state index contributed by atoms with van der Waals surface area (Å²) in [5, 5.41) is 8.98. The number of benzene rings is 1. The maximum atomic E-state index is 13.0. The molecule has 1 unspecified atom stereocenters. The zero-order valence-corrected chi connectivity index (χ0v) is 12.3. The summed E-state index contributed by atoms with van der Waals surface area (Å²) < 4.78 is 64.9. The van der Waals surface area contributed by atoms with Crippen LogP contribution in [0, 0.1) is 0 Å². The van der Waals surface area contributed by atoms with Gasteiger partial charge in [0.1, 0.15) is 0 Å². The molecule has 1 aliphatic rings. The molecule has 1 heterocycles. The summed E-state index contributed by atoms with van der Waals surface area (Å²) in [6.07, 6.45) is -3.91. The molecule has 1 fully saturated rings. The lowest BCUT2D eigenvalue weighted by Gasteiger charge is -2.24. The van der Waals surface area contributed by atoms with E-state index in [4.69, 9.17) is 11.6 Å². The minimum absolute atomic E-state index is 0.0908. The number of rotatable bonds is 3. The Balaban J connectivity index is 2.55. The van der Waals surface area contributed by atoms with Crippen molar-refractivity contribution in [1.29, 1.82) is 0 Å². The lowest BCUT2D eigenvalue weighted by molar-refractivity contribution is -0.139. The van der Waals surface area contributed by atoms with Crippen LogP contribution in [0.4, 0.5) is 13.2 Å². The van der Waals surface area contributed by atoms with E-state index in [2.05, 4.69) is 0 Å². The summed E-state index contributed by atoms with van der Waals surface area (Å²) in [6, 6.07) is 1.87. The molecule has 0 spiro atoms. The molecular weight excluding hydrogens is 331 g/mol. The maximum Gasteiger partial charge on any atom is 0.417 e. The van der Waals surface area contributed by atoms with Crippen LogP contribution in [0.2, 0.25) is 5.02 Å². The first-order chi connectivity index (χ1) is 9.67. The molecule has 1 aromatic carbocycles. The van der Waals surface area contributed by atoms with Gasteiger partial charge in [0.05, 0.1) is 17.1 Å². The highest BCUT2D eigenvalue weighted by Gasteiger charge is 2.42. The summed E-state index contributed by atoms with van der Waals surface area (Å²) >= 11 is 5.54. The normalized spacial score (nSPS) is 20.9. The van der Waals surface area contributed by atoms with Crippen molar-refractivity contribution in [3.8, 4) is 0 Å². The van der Waals surface area contributed by atoms with Crippen LogP contribution in [0.3, 0.4) is 0 Å². The Morgan fingerprint density at radius 3 is 2.62 bits per heavy atom. The van der Waals surface area contributed by atoms with Gasteiger partial charge in [0.2, 0.25) is 10.0 Å². The van der Waals surface area contributed by atoms with Gasteiger partial charge in [0, 0.05) is 17.6 Å². The fourth-order valence-corrected chi connectivity index (χ4v) is 4.43. The van der Waals surface area contributed by atoms with Crippen LogP contribution in [0.15, 0.2) is 23.1 Å². The van der Waals surface area contributed by atoms with Crippen LogP contribution < -0.4 is 0 Å². The van der Waals surface area contributed by atoms with E-state index in [1.807, 2.05) is 0 Å². The van der Waals surface area contributed by atoms with Gasteiger partial charge < -0.3 is 5.11 Å². The Morgan fingerprint density at radius 1 is 1.38 bits per heavy atom. The molecule has 0 aliphatic carbocycles. The highest BCUT2D eigenvalue weighted by Crippen LogP contribution is 2.38. The van der Waals surface area contributed by atoms with E-state index >= 15 is 0 Å². The Bertz CT molecular complexity index is 633. The van der Waals surface area contributed by atoms with Gasteiger partial charge in [0.15, 0.2) is 0 Å². The third kappa shape index (κ3) is 3.18. The highest BCUT2D eigenvalue weighted by molar-refractivity contribution is 7.89. The maximum absolute atomic E-state index is 13.0. The summed E-state index contributed by atoms with van der Waals surface area (Å²) in [5.74, 6) is 0. The van der Waals surface area contributed by atoms with Crippen LogP contribution in [0.5, 0.6) is 0 Å². The fraction of sp³-hybridized carbons (Fsp3) is 0.500. The molecule has 21 heavy (non-hydrogen) atoms. The molecule has 1 saturated heterocycles. The average molecular weight is 344 g/mol. The lowest BCUT2D eigenvalue weighted by Crippen LogP contribution is -2.38. The Hall–Kier alpha value is -0.830. The molecule has 0 bridgehead atoms. The minimum atomic E-state index is -4.83. The number of alkyl halides is 3. The van der Waals surface area contributed by atoms with Crippen LogP contribution in [-0.2, 0) is 16.2 Å². The Kier molecular flexibility index (Phi) is 4.53. The van der Waals surface area contributed by atoms with Gasteiger partial charge in [-0.05, 0) is 31.0 Å². The van der Waals surface area contributed by atoms with E-state index in [1.54, 1.807) is 0 Å². The molecule has 1 atom stereocenters. The average Bonchev–Trinajstić information content (AvgIpc) is 2.86. The van der Waals surface area contributed by atoms with Crippen LogP contribution in [-0.4, -0.2) is 37.0 Å². The van der Waals surface area contributed by atoms with Crippen molar-refractivity contribution < 1.29 is 26.7 Å². The first kappa shape index (κ1) is 16.5. The second-order valence-electron chi connectivity index (χ2n) is 4.73. The molecule has 9 heteroatoms. The molecule has 1 aromatic rings. The molecule has 1 N–H and O–H groups in total. The largest absolute Gasteiger partial charge is 0.417 e. The molecule has 118 valence electrons. The molecule has 0 radical (unpaired) electrons. The zero-order valence-electron chi connectivity index (χ0n) is 10.8. The minimum Gasteiger partial charge on any atom is -0.395 e. The van der Waals surface area contributed by atoms with Crippen molar-refractivity contribution >= 4 is 21.6 Å². The van der Waals surface area contributed by atoms with Gasteiger partial charge >= 0.3 is 6.18 Å². The predicted molar refractivity (Wildman–Crippen MR) is 70.5 cm³/mol. The van der Waals surface area contributed by atoms with Crippen LogP contribution >= 0.6 is 11.6 Å². The van der Waals surface area contributed by atoms with Crippen molar-refractivity contribution in [3.63, 3.8) is 0 Å². The first-order valence-corrected chi connectivity index (χ1v) is 7.99. The standard InChI is InChI=1S/C12H13ClF3NO3S/c13-8-3-4-11(10(6-8)12(14,15)16)21(19,20)17-5-1-2-9(17)7-18/h3-4,6,9,18H,1-2,5,7H2. The number of halogens is 4. The van der Waals surface area contributed by atoms with Crippen molar-refractivity contribution in [2.24, 2.45) is 0 Å². The third-order valence-corrected chi connectivity index (χ3v) is 5.61. The van der Waals surface area contributed by atoms with Crippen molar-refractivity contribution in [3.05, 3.63) is 28.8 Å². The molecular formula is C12H13ClF3NO3S. The Morgan fingerprint density at radius 2 is 2.05 bits per heavy atom. The van der Waals surface area contributed by atoms with Gasteiger partial charge in [-0.25, -0.2) is 8.42 Å². The second kappa shape index (κ2) is 5.75. The molecule has 0 saturated carbocycles. The summed E-state index contributed by atoms with van der Waals surface area (Å²) in [7, 11) is -4.34. The fourth-order valence-electron chi connectivity index (χ4n) is 2.38. The number of aliphatic hydroxyl groups is 1. The van der Waals surface area contributed by atoms with E-state index in [-0.39, 0.29) is 11.6 Å². The first-order valence-electron chi connectivity index (χ1n) is 6.17. The molecule has 2 rings (SSSR count). The topological polar surface area (TPSA) is 57.6 Å². The molecule has 0 aromatic heterocycles. The van der Waals surface area contributed by atoms with Crippen LogP contribution in [0.1, 0.15) is 18.4 Å². The van der Waals surface area contributed by atoms with E-state index < -0.39 is 39.3 Å². The third-order valence-electron chi connectivity index (χ3n) is 3.37. The Labute approximate surface area is 125 Å². The molecule has 4 nitrogen and oxygen atoms in total. The number of sulfonamides is 1. The quantitative estimate of drug-likeness (QED) is 0.917. The highest BCUT2D eigenvalue weighted by atomic mass is 35.5. The van der Waals surface area contributed by atoms with E-state index in [1.165, 1.54) is 0 Å². The number of aliphatic hydroxyl groups excluding tert-OH is 1. The number of hydrogen-bond acceptors (Lipinski definition) is 3. The van der Waals surface area contributed by atoms with Crippen molar-refractivity contribution in [2.45, 2.75) is 30.0 Å². The summed E-state index contributed by atoms with van der Waals surface area (Å²) in [6.45, 7) is -0.332. The van der Waals surface area contributed by atoms with Gasteiger partial charge in [-0.1, -0.05) is 11.6 Å². The SMILES string of the molecule is O=S(=O)(c1ccc(Cl)cc1C(F)(F)F)N1CCCC1CO. The smallest absolute Gasteiger partial charge is 0.395 e. The predicted octanol–water partition coefficient (Wildman–Crippen LogP) is 2.50. The van der Waals surface area contributed by atoms with Gasteiger partial charge in [-0.2, -0.15) is 17.5 Å². The van der Waals surface area contributed by atoms with E-state index in [0.717, 1.165) is 16.4 Å². The van der Waals surface area contributed by atoms with Crippen molar-refractivity contribution in [1.82, 2.24) is 4.31 Å². The van der Waals surface area contributed by atoms with Gasteiger partial charge in [-0.15, -0.1) is 0 Å². The number of nitrogens with zero attached hydrogens (tertiary/aromatic N) is 1. The van der Waals surface area contributed by atoms with E-state index in [9.17, 15) is 26.7 Å². The van der Waals surface area contributed by atoms with Crippen molar-refractivity contribution in [2.75, 3.05) is 13.2 Å². The summed E-state index contributed by atoms with van der Waals surface area (Å²) in [5.41, 5.74) is -1.29. The monoisotopic (exact) mass is 343 g/mol. The second-order valence-corrected chi connectivity index (χ2v) is 7.03. The van der Waals surface area contributed by atoms with Crippen LogP contribution in [0.25, 0.3) is 0 Å². The molecule has 0 amide bonds. The van der Waals surface area contributed by atoms with E-state index in [0.29, 0.717) is 18.9 Å². The zero-order chi connectivity index (χ0) is 15.8. The lowest BCUT2D eigenvalue weighted by atomic mass is 10.2.